The summed E-state index contributed by atoms with van der Waals surface area (Å²) in [5, 5.41) is 17.2. The van der Waals surface area contributed by atoms with E-state index < -0.39 is 4.92 Å². The summed E-state index contributed by atoms with van der Waals surface area (Å²) < 4.78 is 0.792. The molecular formula is C13H14BrN5O2. The van der Waals surface area contributed by atoms with Crippen molar-refractivity contribution >= 4 is 39.1 Å². The highest BCUT2D eigenvalue weighted by atomic mass is 79.9. The second-order valence-corrected chi connectivity index (χ2v) is 5.08. The van der Waals surface area contributed by atoms with Crippen molar-refractivity contribution in [3.63, 3.8) is 0 Å². The van der Waals surface area contributed by atoms with Gasteiger partial charge in [-0.25, -0.2) is 4.98 Å². The quantitative estimate of drug-likeness (QED) is 0.631. The highest BCUT2D eigenvalue weighted by molar-refractivity contribution is 9.10. The van der Waals surface area contributed by atoms with Crippen LogP contribution < -0.4 is 10.6 Å². The number of nitro groups is 1. The zero-order chi connectivity index (χ0) is 15.4. The van der Waals surface area contributed by atoms with Crippen LogP contribution in [0.15, 0.2) is 28.7 Å². The molecule has 0 aliphatic carbocycles. The molecule has 0 atom stereocenters. The predicted octanol–water partition coefficient (Wildman–Crippen LogP) is 3.63. The number of halogens is 1. The van der Waals surface area contributed by atoms with Gasteiger partial charge < -0.3 is 10.6 Å². The topological polar surface area (TPSA) is 93.0 Å². The standard InChI is InChI=1S/C13H14BrN5O2/c1-3-15-13-16-8(2)11(19(20)21)12(18-13)17-10-7-5-4-6-9(10)14/h4-7H,3H2,1-2H3,(H2,15,16,17,18). The highest BCUT2D eigenvalue weighted by Crippen LogP contribution is 2.31. The maximum absolute atomic E-state index is 11.2. The summed E-state index contributed by atoms with van der Waals surface area (Å²) in [6.07, 6.45) is 0. The fraction of sp³-hybridized carbons (Fsp3) is 0.231. The lowest BCUT2D eigenvalue weighted by Crippen LogP contribution is -2.09. The number of para-hydroxylation sites is 1. The van der Waals surface area contributed by atoms with Gasteiger partial charge in [0.1, 0.15) is 5.69 Å². The molecule has 0 aliphatic rings. The van der Waals surface area contributed by atoms with Crippen molar-refractivity contribution in [1.82, 2.24) is 9.97 Å². The van der Waals surface area contributed by atoms with E-state index in [-0.39, 0.29) is 11.5 Å². The van der Waals surface area contributed by atoms with E-state index in [9.17, 15) is 10.1 Å². The third kappa shape index (κ3) is 3.46. The zero-order valence-corrected chi connectivity index (χ0v) is 13.1. The van der Waals surface area contributed by atoms with Crippen LogP contribution in [0.5, 0.6) is 0 Å². The lowest BCUT2D eigenvalue weighted by molar-refractivity contribution is -0.385. The van der Waals surface area contributed by atoms with Gasteiger partial charge in [-0.15, -0.1) is 0 Å². The molecular weight excluding hydrogens is 338 g/mol. The summed E-state index contributed by atoms with van der Waals surface area (Å²) in [4.78, 5) is 19.0. The molecule has 110 valence electrons. The van der Waals surface area contributed by atoms with Gasteiger partial charge in [-0.3, -0.25) is 10.1 Å². The van der Waals surface area contributed by atoms with Gasteiger partial charge in [-0.05, 0) is 41.9 Å². The van der Waals surface area contributed by atoms with Crippen molar-refractivity contribution in [2.24, 2.45) is 0 Å². The Morgan fingerprint density at radius 2 is 2.05 bits per heavy atom. The Morgan fingerprint density at radius 3 is 2.67 bits per heavy atom. The minimum atomic E-state index is -0.482. The molecule has 2 rings (SSSR count). The summed E-state index contributed by atoms with van der Waals surface area (Å²) in [6.45, 7) is 4.12. The van der Waals surface area contributed by atoms with Gasteiger partial charge in [0, 0.05) is 11.0 Å². The normalized spacial score (nSPS) is 10.2. The molecule has 0 amide bonds. The first-order valence-corrected chi connectivity index (χ1v) is 7.10. The molecule has 8 heteroatoms. The monoisotopic (exact) mass is 351 g/mol. The van der Waals surface area contributed by atoms with Gasteiger partial charge in [0.2, 0.25) is 11.8 Å². The maximum Gasteiger partial charge on any atom is 0.332 e. The highest BCUT2D eigenvalue weighted by Gasteiger charge is 2.22. The van der Waals surface area contributed by atoms with Gasteiger partial charge in [0.25, 0.3) is 0 Å². The van der Waals surface area contributed by atoms with E-state index in [0.29, 0.717) is 23.9 Å². The van der Waals surface area contributed by atoms with Crippen LogP contribution in [0, 0.1) is 17.0 Å². The number of hydrogen-bond acceptors (Lipinski definition) is 6. The SMILES string of the molecule is CCNc1nc(C)c([N+](=O)[O-])c(Nc2ccccc2Br)n1. The average molecular weight is 352 g/mol. The molecule has 0 bridgehead atoms. The fourth-order valence-corrected chi connectivity index (χ4v) is 2.18. The van der Waals surface area contributed by atoms with Crippen LogP contribution in [-0.4, -0.2) is 21.4 Å². The number of aromatic nitrogens is 2. The molecule has 2 aromatic rings. The Balaban J connectivity index is 2.49. The lowest BCUT2D eigenvalue weighted by atomic mass is 10.3. The molecule has 0 saturated heterocycles. The van der Waals surface area contributed by atoms with Crippen molar-refractivity contribution in [1.29, 1.82) is 0 Å². The van der Waals surface area contributed by atoms with Crippen LogP contribution >= 0.6 is 15.9 Å². The molecule has 0 unspecified atom stereocenters. The van der Waals surface area contributed by atoms with Crippen LogP contribution in [0.1, 0.15) is 12.6 Å². The number of nitrogens with zero attached hydrogens (tertiary/aromatic N) is 3. The minimum absolute atomic E-state index is 0.132. The van der Waals surface area contributed by atoms with Crippen molar-refractivity contribution in [2.45, 2.75) is 13.8 Å². The van der Waals surface area contributed by atoms with Gasteiger partial charge in [-0.1, -0.05) is 12.1 Å². The van der Waals surface area contributed by atoms with Gasteiger partial charge in [0.15, 0.2) is 0 Å². The van der Waals surface area contributed by atoms with E-state index >= 15 is 0 Å². The van der Waals surface area contributed by atoms with E-state index in [2.05, 4.69) is 36.5 Å². The Labute approximate surface area is 130 Å². The molecule has 0 spiro atoms. The molecule has 1 aromatic heterocycles. The molecule has 0 radical (unpaired) electrons. The average Bonchev–Trinajstić information content (AvgIpc) is 2.41. The summed E-state index contributed by atoms with van der Waals surface area (Å²) in [5.74, 6) is 0.519. The summed E-state index contributed by atoms with van der Waals surface area (Å²) in [6, 6.07) is 7.34. The van der Waals surface area contributed by atoms with E-state index in [4.69, 9.17) is 0 Å². The summed E-state index contributed by atoms with van der Waals surface area (Å²) in [7, 11) is 0. The molecule has 0 fully saturated rings. The fourth-order valence-electron chi connectivity index (χ4n) is 1.80. The molecule has 7 nitrogen and oxygen atoms in total. The van der Waals surface area contributed by atoms with E-state index in [1.54, 1.807) is 13.0 Å². The lowest BCUT2D eigenvalue weighted by Gasteiger charge is -2.11. The summed E-state index contributed by atoms with van der Waals surface area (Å²) >= 11 is 3.39. The van der Waals surface area contributed by atoms with Crippen molar-refractivity contribution < 1.29 is 4.92 Å². The maximum atomic E-state index is 11.2. The van der Waals surface area contributed by atoms with Crippen LogP contribution in [0.4, 0.5) is 23.1 Å². The van der Waals surface area contributed by atoms with Crippen LogP contribution in [0.25, 0.3) is 0 Å². The Hall–Kier alpha value is -2.22. The molecule has 1 heterocycles. The molecule has 1 aromatic carbocycles. The number of nitrogens with one attached hydrogen (secondary N) is 2. The second-order valence-electron chi connectivity index (χ2n) is 4.22. The largest absolute Gasteiger partial charge is 0.354 e. The van der Waals surface area contributed by atoms with Crippen molar-refractivity contribution in [2.75, 3.05) is 17.2 Å². The number of anilines is 3. The van der Waals surface area contributed by atoms with Gasteiger partial charge >= 0.3 is 5.69 Å². The van der Waals surface area contributed by atoms with Gasteiger partial charge in [0.05, 0.1) is 10.6 Å². The van der Waals surface area contributed by atoms with E-state index in [0.717, 1.165) is 4.47 Å². The zero-order valence-electron chi connectivity index (χ0n) is 11.6. The third-order valence-corrected chi connectivity index (χ3v) is 3.39. The first-order valence-electron chi connectivity index (χ1n) is 6.31. The smallest absolute Gasteiger partial charge is 0.332 e. The van der Waals surface area contributed by atoms with E-state index in [1.165, 1.54) is 0 Å². The number of hydrogen-bond donors (Lipinski definition) is 2. The molecule has 0 saturated carbocycles. The minimum Gasteiger partial charge on any atom is -0.354 e. The molecule has 21 heavy (non-hydrogen) atoms. The third-order valence-electron chi connectivity index (χ3n) is 2.70. The predicted molar refractivity (Wildman–Crippen MR) is 85.0 cm³/mol. The van der Waals surface area contributed by atoms with Crippen molar-refractivity contribution in [3.05, 3.63) is 44.5 Å². The van der Waals surface area contributed by atoms with Crippen LogP contribution in [0.3, 0.4) is 0 Å². The molecule has 2 N–H and O–H groups in total. The second kappa shape index (κ2) is 6.49. The first kappa shape index (κ1) is 15.2. The first-order chi connectivity index (χ1) is 10.0. The van der Waals surface area contributed by atoms with E-state index in [1.807, 2.05) is 25.1 Å². The molecule has 0 aliphatic heterocycles. The van der Waals surface area contributed by atoms with Crippen LogP contribution in [0.2, 0.25) is 0 Å². The Morgan fingerprint density at radius 1 is 1.33 bits per heavy atom. The summed E-state index contributed by atoms with van der Waals surface area (Å²) in [5.41, 5.74) is 0.869. The Kier molecular flexibility index (Phi) is 4.69. The number of benzene rings is 1. The number of rotatable bonds is 5. The number of aryl methyl sites for hydroxylation is 1. The van der Waals surface area contributed by atoms with Crippen LogP contribution in [-0.2, 0) is 0 Å². The van der Waals surface area contributed by atoms with Gasteiger partial charge in [-0.2, -0.15) is 4.98 Å². The van der Waals surface area contributed by atoms with Crippen molar-refractivity contribution in [3.8, 4) is 0 Å². The Bertz CT molecular complexity index is 678.